The maximum Gasteiger partial charge on any atom is 0.253 e. The average molecular weight is 231 g/mol. The second-order valence-corrected chi connectivity index (χ2v) is 4.25. The lowest BCUT2D eigenvalue weighted by atomic mass is 10.2. The van der Waals surface area contributed by atoms with Crippen molar-refractivity contribution >= 4 is 49.9 Å². The van der Waals surface area contributed by atoms with Crippen LogP contribution < -0.4 is 0 Å². The van der Waals surface area contributed by atoms with E-state index in [9.17, 15) is 4.79 Å². The lowest BCUT2D eigenvalue weighted by molar-refractivity contribution is 0.108. The minimum absolute atomic E-state index is 0.423. The first-order valence-electron chi connectivity index (χ1n) is 3.55. The summed E-state index contributed by atoms with van der Waals surface area (Å²) < 4.78 is 0.983. The van der Waals surface area contributed by atoms with Crippen LogP contribution in [0.4, 0.5) is 0 Å². The van der Waals surface area contributed by atoms with Crippen molar-refractivity contribution in [1.29, 1.82) is 0 Å². The van der Waals surface area contributed by atoms with Gasteiger partial charge in [0.25, 0.3) is 5.24 Å². The van der Waals surface area contributed by atoms with Crippen LogP contribution in [0, 0.1) is 0 Å². The van der Waals surface area contributed by atoms with Crippen molar-refractivity contribution in [3.8, 4) is 0 Å². The van der Waals surface area contributed by atoms with E-state index in [1.165, 1.54) is 11.3 Å². The molecule has 0 atom stereocenters. The topological polar surface area (TPSA) is 17.1 Å². The van der Waals surface area contributed by atoms with E-state index in [-0.39, 0.29) is 0 Å². The molecule has 0 unspecified atom stereocenters. The van der Waals surface area contributed by atoms with Crippen molar-refractivity contribution in [2.45, 2.75) is 0 Å². The van der Waals surface area contributed by atoms with Crippen molar-refractivity contribution in [2.75, 3.05) is 0 Å². The molecule has 0 aliphatic rings. The predicted octanol–water partition coefficient (Wildman–Crippen LogP) is 3.93. The molecule has 0 N–H and O–H groups in total. The van der Waals surface area contributed by atoms with E-state index >= 15 is 0 Å². The molecule has 0 saturated carbocycles. The highest BCUT2D eigenvalue weighted by Crippen LogP contribution is 2.29. The molecule has 0 fully saturated rings. The second kappa shape index (κ2) is 3.29. The van der Waals surface area contributed by atoms with Gasteiger partial charge < -0.3 is 0 Å². The van der Waals surface area contributed by atoms with Crippen LogP contribution >= 0.6 is 34.5 Å². The van der Waals surface area contributed by atoms with Crippen molar-refractivity contribution in [3.63, 3.8) is 0 Å². The first kappa shape index (κ1) is 9.00. The zero-order valence-electron chi connectivity index (χ0n) is 6.38. The van der Waals surface area contributed by atoms with Gasteiger partial charge in [-0.05, 0) is 23.7 Å². The number of fused-ring (bicyclic) bond motifs is 1. The molecule has 0 radical (unpaired) electrons. The molecule has 1 aromatic carbocycles. The zero-order valence-corrected chi connectivity index (χ0v) is 8.71. The number of hydrogen-bond donors (Lipinski definition) is 0. The molecule has 0 saturated heterocycles. The summed E-state index contributed by atoms with van der Waals surface area (Å²) in [5.41, 5.74) is 0.554. The number of carbonyl (C=O) groups is 1. The number of hydrogen-bond acceptors (Lipinski definition) is 2. The van der Waals surface area contributed by atoms with Gasteiger partial charge in [-0.15, -0.1) is 11.3 Å². The molecule has 0 aliphatic heterocycles. The Morgan fingerprint density at radius 2 is 2.15 bits per heavy atom. The Balaban J connectivity index is 2.76. The summed E-state index contributed by atoms with van der Waals surface area (Å²) in [6.45, 7) is 0. The number of halogens is 2. The third-order valence-electron chi connectivity index (χ3n) is 1.75. The van der Waals surface area contributed by atoms with Gasteiger partial charge in [0.05, 0.1) is 5.56 Å². The molecule has 0 amide bonds. The third-order valence-corrected chi connectivity index (χ3v) is 3.13. The third kappa shape index (κ3) is 1.57. The fraction of sp³-hybridized carbons (Fsp3) is 0. The molecule has 2 rings (SSSR count). The first-order valence-corrected chi connectivity index (χ1v) is 5.18. The van der Waals surface area contributed by atoms with Crippen LogP contribution in [0.1, 0.15) is 10.4 Å². The van der Waals surface area contributed by atoms with E-state index in [0.29, 0.717) is 10.6 Å². The predicted molar refractivity (Wildman–Crippen MR) is 57.0 cm³/mol. The van der Waals surface area contributed by atoms with E-state index in [2.05, 4.69) is 0 Å². The SMILES string of the molecule is O=C(Cl)c1csc2cc(Cl)ccc12. The van der Waals surface area contributed by atoms with Gasteiger partial charge in [-0.2, -0.15) is 0 Å². The van der Waals surface area contributed by atoms with Gasteiger partial charge in [-0.25, -0.2) is 0 Å². The molecule has 66 valence electrons. The molecule has 2 aromatic rings. The van der Waals surface area contributed by atoms with Crippen LogP contribution in [-0.4, -0.2) is 5.24 Å². The summed E-state index contributed by atoms with van der Waals surface area (Å²) in [6, 6.07) is 5.38. The van der Waals surface area contributed by atoms with Gasteiger partial charge in [0, 0.05) is 20.5 Å². The van der Waals surface area contributed by atoms with Gasteiger partial charge in [-0.3, -0.25) is 4.79 Å². The maximum absolute atomic E-state index is 10.9. The fourth-order valence-electron chi connectivity index (χ4n) is 1.15. The van der Waals surface area contributed by atoms with Crippen molar-refractivity contribution < 1.29 is 4.79 Å². The Bertz CT molecular complexity index is 475. The molecule has 13 heavy (non-hydrogen) atoms. The first-order chi connectivity index (χ1) is 6.18. The number of carbonyl (C=O) groups excluding carboxylic acids is 1. The molecule has 1 nitrogen and oxygen atoms in total. The number of thiophene rings is 1. The van der Waals surface area contributed by atoms with E-state index in [4.69, 9.17) is 23.2 Å². The number of rotatable bonds is 1. The average Bonchev–Trinajstić information content (AvgIpc) is 2.46. The van der Waals surface area contributed by atoms with E-state index in [0.717, 1.165) is 10.1 Å². The van der Waals surface area contributed by atoms with Gasteiger partial charge >= 0.3 is 0 Å². The second-order valence-electron chi connectivity index (χ2n) is 2.56. The Hall–Kier alpha value is -0.570. The van der Waals surface area contributed by atoms with Gasteiger partial charge in [-0.1, -0.05) is 17.7 Å². The maximum atomic E-state index is 10.9. The van der Waals surface area contributed by atoms with E-state index in [1.54, 1.807) is 11.4 Å². The van der Waals surface area contributed by atoms with Crippen molar-refractivity contribution in [1.82, 2.24) is 0 Å². The summed E-state index contributed by atoms with van der Waals surface area (Å²) in [4.78, 5) is 10.9. The van der Waals surface area contributed by atoms with Crippen molar-refractivity contribution in [2.24, 2.45) is 0 Å². The Morgan fingerprint density at radius 3 is 2.85 bits per heavy atom. The monoisotopic (exact) mass is 230 g/mol. The van der Waals surface area contributed by atoms with Crippen LogP contribution in [0.3, 0.4) is 0 Å². The Kier molecular flexibility index (Phi) is 2.28. The summed E-state index contributed by atoms with van der Waals surface area (Å²) in [7, 11) is 0. The van der Waals surface area contributed by atoms with Crippen molar-refractivity contribution in [3.05, 3.63) is 34.2 Å². The summed E-state index contributed by atoms with van der Waals surface area (Å²) in [5.74, 6) is 0. The summed E-state index contributed by atoms with van der Waals surface area (Å²) in [6.07, 6.45) is 0. The molecule has 0 spiro atoms. The van der Waals surface area contributed by atoms with E-state index < -0.39 is 5.24 Å². The Labute approximate surface area is 88.9 Å². The normalized spacial score (nSPS) is 10.6. The Morgan fingerprint density at radius 1 is 1.38 bits per heavy atom. The quantitative estimate of drug-likeness (QED) is 0.679. The smallest absolute Gasteiger partial charge is 0.253 e. The van der Waals surface area contributed by atoms with Crippen LogP contribution in [0.15, 0.2) is 23.6 Å². The molecule has 1 heterocycles. The fourth-order valence-corrected chi connectivity index (χ4v) is 2.59. The van der Waals surface area contributed by atoms with Gasteiger partial charge in [0.1, 0.15) is 0 Å². The molecular weight excluding hydrogens is 227 g/mol. The highest BCUT2D eigenvalue weighted by atomic mass is 35.5. The molecule has 4 heteroatoms. The van der Waals surface area contributed by atoms with Gasteiger partial charge in [0.2, 0.25) is 0 Å². The van der Waals surface area contributed by atoms with Gasteiger partial charge in [0.15, 0.2) is 0 Å². The van der Waals surface area contributed by atoms with Crippen LogP contribution in [0.2, 0.25) is 5.02 Å². The molecule has 1 aromatic heterocycles. The van der Waals surface area contributed by atoms with E-state index in [1.807, 2.05) is 12.1 Å². The zero-order chi connectivity index (χ0) is 9.42. The van der Waals surface area contributed by atoms with Crippen LogP contribution in [0.5, 0.6) is 0 Å². The summed E-state index contributed by atoms with van der Waals surface area (Å²) >= 11 is 12.7. The largest absolute Gasteiger partial charge is 0.276 e. The molecule has 0 bridgehead atoms. The van der Waals surface area contributed by atoms with Crippen LogP contribution in [-0.2, 0) is 0 Å². The number of benzene rings is 1. The highest BCUT2D eigenvalue weighted by Gasteiger charge is 2.09. The minimum Gasteiger partial charge on any atom is -0.276 e. The molecular formula is C9H4Cl2OS. The standard InChI is InChI=1S/C9H4Cl2OS/c10-5-1-2-6-7(9(11)12)4-13-8(6)3-5/h1-4H. The highest BCUT2D eigenvalue weighted by molar-refractivity contribution is 7.17. The lowest BCUT2D eigenvalue weighted by Gasteiger charge is -1.92. The lowest BCUT2D eigenvalue weighted by Crippen LogP contribution is -1.84. The van der Waals surface area contributed by atoms with Crippen LogP contribution in [0.25, 0.3) is 10.1 Å². The minimum atomic E-state index is -0.423. The summed E-state index contributed by atoms with van der Waals surface area (Å²) in [5, 5.41) is 2.86. The molecule has 0 aliphatic carbocycles.